The molecule has 18 heavy (non-hydrogen) atoms. The van der Waals surface area contributed by atoms with E-state index in [1.165, 1.54) is 5.56 Å². The van der Waals surface area contributed by atoms with Crippen LogP contribution in [-0.2, 0) is 20.7 Å². The Hall–Kier alpha value is -1.35. The minimum absolute atomic E-state index is 0.164. The Morgan fingerprint density at radius 3 is 2.61 bits per heavy atom. The topological polar surface area (TPSA) is 35.5 Å². The van der Waals surface area contributed by atoms with Crippen LogP contribution in [0.3, 0.4) is 0 Å². The summed E-state index contributed by atoms with van der Waals surface area (Å²) in [6.45, 7) is 3.68. The van der Waals surface area contributed by atoms with E-state index < -0.39 is 0 Å². The second-order valence-corrected chi connectivity index (χ2v) is 4.17. The molecule has 0 radical (unpaired) electrons. The minimum atomic E-state index is -0.164. The number of unbranched alkanes of at least 4 members (excludes halogenated alkanes) is 1. The first-order valence-electron chi connectivity index (χ1n) is 6.60. The lowest BCUT2D eigenvalue weighted by Crippen LogP contribution is -2.10. The third kappa shape index (κ3) is 7.07. The Bertz CT molecular complexity index is 322. The molecule has 1 rings (SSSR count). The van der Waals surface area contributed by atoms with Gasteiger partial charge in [-0.05, 0) is 18.4 Å². The molecule has 0 spiro atoms. The van der Waals surface area contributed by atoms with Gasteiger partial charge in [-0.1, -0.05) is 43.7 Å². The highest BCUT2D eigenvalue weighted by molar-refractivity contribution is 5.69. The zero-order chi connectivity index (χ0) is 13.1. The molecule has 0 unspecified atom stereocenters. The van der Waals surface area contributed by atoms with E-state index in [-0.39, 0.29) is 5.97 Å². The highest BCUT2D eigenvalue weighted by Crippen LogP contribution is 2.00. The number of esters is 1. The quantitative estimate of drug-likeness (QED) is 0.499. The summed E-state index contributed by atoms with van der Waals surface area (Å²) in [5.41, 5.74) is 1.25. The number of rotatable bonds is 9. The molecule has 100 valence electrons. The minimum Gasteiger partial charge on any atom is -0.466 e. The fraction of sp³-hybridized carbons (Fsp3) is 0.533. The van der Waals surface area contributed by atoms with Crippen LogP contribution in [0.4, 0.5) is 0 Å². The normalized spacial score (nSPS) is 10.3. The number of carbonyl (C=O) groups excluding carboxylic acids is 1. The Morgan fingerprint density at radius 2 is 1.89 bits per heavy atom. The van der Waals surface area contributed by atoms with Crippen LogP contribution in [0.1, 0.15) is 31.7 Å². The van der Waals surface area contributed by atoms with Gasteiger partial charge in [0, 0.05) is 0 Å². The standard InChI is InChI=1S/C15H22O3/c1-2-3-11-18-15(16)10-13-17-12-9-14-7-5-4-6-8-14/h4-8H,2-3,9-13H2,1H3. The Morgan fingerprint density at radius 1 is 1.11 bits per heavy atom. The van der Waals surface area contributed by atoms with E-state index in [0.717, 1.165) is 19.3 Å². The monoisotopic (exact) mass is 250 g/mol. The van der Waals surface area contributed by atoms with Crippen molar-refractivity contribution in [3.8, 4) is 0 Å². The fourth-order valence-corrected chi connectivity index (χ4v) is 1.49. The van der Waals surface area contributed by atoms with Gasteiger partial charge in [0.15, 0.2) is 0 Å². The maximum absolute atomic E-state index is 11.2. The summed E-state index contributed by atoms with van der Waals surface area (Å²) >= 11 is 0. The predicted octanol–water partition coefficient (Wildman–Crippen LogP) is 2.98. The summed E-state index contributed by atoms with van der Waals surface area (Å²) in [4.78, 5) is 11.2. The lowest BCUT2D eigenvalue weighted by molar-refractivity contribution is -0.144. The van der Waals surface area contributed by atoms with Crippen LogP contribution < -0.4 is 0 Å². The molecule has 0 saturated carbocycles. The van der Waals surface area contributed by atoms with Gasteiger partial charge in [0.25, 0.3) is 0 Å². The van der Waals surface area contributed by atoms with Gasteiger partial charge in [0.2, 0.25) is 0 Å². The van der Waals surface area contributed by atoms with Crippen LogP contribution in [-0.4, -0.2) is 25.8 Å². The van der Waals surface area contributed by atoms with Gasteiger partial charge in [-0.25, -0.2) is 0 Å². The Balaban J connectivity index is 1.97. The predicted molar refractivity (Wildman–Crippen MR) is 71.4 cm³/mol. The van der Waals surface area contributed by atoms with Crippen molar-refractivity contribution >= 4 is 5.97 Å². The Kier molecular flexibility index (Phi) is 7.89. The van der Waals surface area contributed by atoms with Crippen LogP contribution in [0.25, 0.3) is 0 Å². The first-order chi connectivity index (χ1) is 8.83. The third-order valence-electron chi connectivity index (χ3n) is 2.59. The molecule has 3 heteroatoms. The molecule has 1 aromatic rings. The number of hydrogen-bond acceptors (Lipinski definition) is 3. The van der Waals surface area contributed by atoms with Crippen LogP contribution in [0, 0.1) is 0 Å². The second kappa shape index (κ2) is 9.66. The fourth-order valence-electron chi connectivity index (χ4n) is 1.49. The van der Waals surface area contributed by atoms with Crippen LogP contribution in [0.5, 0.6) is 0 Å². The number of carbonyl (C=O) groups is 1. The van der Waals surface area contributed by atoms with Gasteiger partial charge in [-0.2, -0.15) is 0 Å². The van der Waals surface area contributed by atoms with Gasteiger partial charge < -0.3 is 9.47 Å². The SMILES string of the molecule is CCCCOC(=O)CCOCCc1ccccc1. The van der Waals surface area contributed by atoms with Gasteiger partial charge >= 0.3 is 5.97 Å². The molecule has 1 aromatic carbocycles. The lowest BCUT2D eigenvalue weighted by Gasteiger charge is -2.05. The maximum Gasteiger partial charge on any atom is 0.308 e. The molecule has 0 heterocycles. The third-order valence-corrected chi connectivity index (χ3v) is 2.59. The van der Waals surface area contributed by atoms with E-state index in [0.29, 0.717) is 26.2 Å². The molecule has 0 aliphatic heterocycles. The molecule has 3 nitrogen and oxygen atoms in total. The smallest absolute Gasteiger partial charge is 0.308 e. The summed E-state index contributed by atoms with van der Waals surface area (Å²) in [5, 5.41) is 0. The van der Waals surface area contributed by atoms with E-state index in [4.69, 9.17) is 9.47 Å². The van der Waals surface area contributed by atoms with Gasteiger partial charge in [-0.3, -0.25) is 4.79 Å². The molecule has 0 aliphatic carbocycles. The second-order valence-electron chi connectivity index (χ2n) is 4.17. The van der Waals surface area contributed by atoms with Crippen LogP contribution >= 0.6 is 0 Å². The zero-order valence-corrected chi connectivity index (χ0v) is 11.1. The summed E-state index contributed by atoms with van der Waals surface area (Å²) in [6, 6.07) is 10.2. The maximum atomic E-state index is 11.2. The zero-order valence-electron chi connectivity index (χ0n) is 11.1. The highest BCUT2D eigenvalue weighted by atomic mass is 16.5. The van der Waals surface area contributed by atoms with Crippen molar-refractivity contribution in [2.45, 2.75) is 32.6 Å². The van der Waals surface area contributed by atoms with Crippen LogP contribution in [0.2, 0.25) is 0 Å². The molecule has 0 amide bonds. The molecule has 0 fully saturated rings. The average Bonchev–Trinajstić information content (AvgIpc) is 2.40. The molecule has 0 aromatic heterocycles. The largest absolute Gasteiger partial charge is 0.466 e. The van der Waals surface area contributed by atoms with Crippen molar-refractivity contribution < 1.29 is 14.3 Å². The summed E-state index contributed by atoms with van der Waals surface area (Å²) in [7, 11) is 0. The molecule has 0 saturated heterocycles. The first kappa shape index (κ1) is 14.7. The first-order valence-corrected chi connectivity index (χ1v) is 6.60. The molecule has 0 aliphatic rings. The summed E-state index contributed by atoms with van der Waals surface area (Å²) in [6.07, 6.45) is 3.20. The average molecular weight is 250 g/mol. The van der Waals surface area contributed by atoms with E-state index >= 15 is 0 Å². The van der Waals surface area contributed by atoms with Crippen molar-refractivity contribution in [1.29, 1.82) is 0 Å². The van der Waals surface area contributed by atoms with Crippen molar-refractivity contribution in [2.24, 2.45) is 0 Å². The molecule has 0 N–H and O–H groups in total. The van der Waals surface area contributed by atoms with E-state index in [1.807, 2.05) is 18.2 Å². The van der Waals surface area contributed by atoms with E-state index in [2.05, 4.69) is 19.1 Å². The van der Waals surface area contributed by atoms with Gasteiger partial charge in [0.1, 0.15) is 0 Å². The molecular weight excluding hydrogens is 228 g/mol. The summed E-state index contributed by atoms with van der Waals surface area (Å²) in [5.74, 6) is -0.164. The molecule has 0 atom stereocenters. The molecule has 0 bridgehead atoms. The van der Waals surface area contributed by atoms with E-state index in [1.54, 1.807) is 0 Å². The van der Waals surface area contributed by atoms with Gasteiger partial charge in [0.05, 0.1) is 26.2 Å². The van der Waals surface area contributed by atoms with E-state index in [9.17, 15) is 4.79 Å². The van der Waals surface area contributed by atoms with Crippen molar-refractivity contribution in [3.63, 3.8) is 0 Å². The molecular formula is C15H22O3. The summed E-state index contributed by atoms with van der Waals surface area (Å²) < 4.78 is 10.4. The number of ether oxygens (including phenoxy) is 2. The van der Waals surface area contributed by atoms with Crippen molar-refractivity contribution in [2.75, 3.05) is 19.8 Å². The highest BCUT2D eigenvalue weighted by Gasteiger charge is 2.02. The lowest BCUT2D eigenvalue weighted by atomic mass is 10.2. The van der Waals surface area contributed by atoms with Gasteiger partial charge in [-0.15, -0.1) is 0 Å². The van der Waals surface area contributed by atoms with Crippen LogP contribution in [0.15, 0.2) is 30.3 Å². The van der Waals surface area contributed by atoms with Crippen molar-refractivity contribution in [3.05, 3.63) is 35.9 Å². The Labute approximate surface area is 109 Å². The number of hydrogen-bond donors (Lipinski definition) is 0. The van der Waals surface area contributed by atoms with Crippen molar-refractivity contribution in [1.82, 2.24) is 0 Å². The number of benzene rings is 1.